The molecule has 1 N–H and O–H groups in total. The van der Waals surface area contributed by atoms with Crippen molar-refractivity contribution < 1.29 is 14.3 Å². The minimum Gasteiger partial charge on any atom is -0.452 e. The van der Waals surface area contributed by atoms with Crippen molar-refractivity contribution in [2.75, 3.05) is 0 Å². The van der Waals surface area contributed by atoms with Crippen molar-refractivity contribution in [3.8, 4) is 0 Å². The molecule has 1 aliphatic carbocycles. The number of rotatable bonds is 5. The molecule has 1 amide bonds. The largest absolute Gasteiger partial charge is 0.452 e. The molecule has 1 aromatic rings. The number of halogens is 2. The molecule has 1 aliphatic rings. The Kier molecular flexibility index (Phi) is 4.89. The number of esters is 1. The van der Waals surface area contributed by atoms with E-state index in [4.69, 9.17) is 27.9 Å². The molecular weight excluding hydrogens is 301 g/mol. The summed E-state index contributed by atoms with van der Waals surface area (Å²) in [6, 6.07) is 5.13. The Bertz CT molecular complexity index is 529. The topological polar surface area (TPSA) is 55.4 Å². The third-order valence-electron chi connectivity index (χ3n) is 2.95. The molecule has 0 radical (unpaired) electrons. The fourth-order valence-electron chi connectivity index (χ4n) is 1.66. The summed E-state index contributed by atoms with van der Waals surface area (Å²) in [5, 5.41) is 3.69. The van der Waals surface area contributed by atoms with Gasteiger partial charge in [-0.3, -0.25) is 9.59 Å². The predicted molar refractivity (Wildman–Crippen MR) is 76.9 cm³/mol. The van der Waals surface area contributed by atoms with E-state index in [2.05, 4.69) is 5.32 Å². The highest BCUT2D eigenvalue weighted by molar-refractivity contribution is 6.35. The Morgan fingerprint density at radius 3 is 2.70 bits per heavy atom. The van der Waals surface area contributed by atoms with Gasteiger partial charge in [0.1, 0.15) is 0 Å². The van der Waals surface area contributed by atoms with E-state index < -0.39 is 12.1 Å². The van der Waals surface area contributed by atoms with Crippen LogP contribution in [0.5, 0.6) is 0 Å². The number of hydrogen-bond acceptors (Lipinski definition) is 3. The quantitative estimate of drug-likeness (QED) is 0.850. The molecule has 0 aliphatic heterocycles. The SMILES string of the molecule is C[C@H](OC(=O)Cc1ccc(Cl)cc1Cl)C(=O)NC1CC1. The molecule has 0 spiro atoms. The van der Waals surface area contributed by atoms with Gasteiger partial charge >= 0.3 is 5.97 Å². The highest BCUT2D eigenvalue weighted by Crippen LogP contribution is 2.22. The number of nitrogens with one attached hydrogen (secondary N) is 1. The fraction of sp³-hybridized carbons (Fsp3) is 0.429. The van der Waals surface area contributed by atoms with Crippen LogP contribution in [0, 0.1) is 0 Å². The predicted octanol–water partition coefficient (Wildman–Crippen LogP) is 2.75. The van der Waals surface area contributed by atoms with Gasteiger partial charge in [0.05, 0.1) is 6.42 Å². The Balaban J connectivity index is 1.86. The van der Waals surface area contributed by atoms with Gasteiger partial charge in [-0.2, -0.15) is 0 Å². The maximum absolute atomic E-state index is 11.8. The normalized spacial score (nSPS) is 15.6. The molecule has 0 unspecified atom stereocenters. The zero-order valence-electron chi connectivity index (χ0n) is 11.0. The van der Waals surface area contributed by atoms with Gasteiger partial charge in [0.25, 0.3) is 5.91 Å². The Hall–Kier alpha value is -1.26. The summed E-state index contributed by atoms with van der Waals surface area (Å²) < 4.78 is 5.09. The first-order valence-electron chi connectivity index (χ1n) is 6.39. The van der Waals surface area contributed by atoms with Crippen molar-refractivity contribution in [3.05, 3.63) is 33.8 Å². The van der Waals surface area contributed by atoms with Gasteiger partial charge in [-0.25, -0.2) is 0 Å². The second-order valence-electron chi connectivity index (χ2n) is 4.83. The molecule has 2 rings (SSSR count). The van der Waals surface area contributed by atoms with E-state index in [1.807, 2.05) is 0 Å². The van der Waals surface area contributed by atoms with Gasteiger partial charge in [-0.05, 0) is 37.5 Å². The van der Waals surface area contributed by atoms with Crippen LogP contribution < -0.4 is 5.32 Å². The maximum Gasteiger partial charge on any atom is 0.311 e. The van der Waals surface area contributed by atoms with Crippen LogP contribution in [0.2, 0.25) is 10.0 Å². The third kappa shape index (κ3) is 4.39. The first-order valence-corrected chi connectivity index (χ1v) is 7.15. The second-order valence-corrected chi connectivity index (χ2v) is 5.67. The minimum absolute atomic E-state index is 0.0110. The van der Waals surface area contributed by atoms with E-state index in [1.165, 1.54) is 0 Å². The molecule has 1 fully saturated rings. The second kappa shape index (κ2) is 6.46. The monoisotopic (exact) mass is 315 g/mol. The lowest BCUT2D eigenvalue weighted by Crippen LogP contribution is -2.37. The summed E-state index contributed by atoms with van der Waals surface area (Å²) in [7, 11) is 0. The van der Waals surface area contributed by atoms with E-state index in [-0.39, 0.29) is 18.4 Å². The van der Waals surface area contributed by atoms with E-state index in [0.29, 0.717) is 15.6 Å². The van der Waals surface area contributed by atoms with Crippen molar-refractivity contribution in [3.63, 3.8) is 0 Å². The first kappa shape index (κ1) is 15.1. The maximum atomic E-state index is 11.8. The van der Waals surface area contributed by atoms with E-state index in [9.17, 15) is 9.59 Å². The van der Waals surface area contributed by atoms with Gasteiger partial charge < -0.3 is 10.1 Å². The molecular formula is C14H15Cl2NO3. The van der Waals surface area contributed by atoms with Gasteiger partial charge in [-0.1, -0.05) is 29.3 Å². The van der Waals surface area contributed by atoms with E-state index in [0.717, 1.165) is 12.8 Å². The molecule has 0 bridgehead atoms. The number of hydrogen-bond donors (Lipinski definition) is 1. The Morgan fingerprint density at radius 1 is 1.40 bits per heavy atom. The zero-order chi connectivity index (χ0) is 14.7. The van der Waals surface area contributed by atoms with Crippen LogP contribution in [0.4, 0.5) is 0 Å². The van der Waals surface area contributed by atoms with Crippen molar-refractivity contribution in [1.82, 2.24) is 5.32 Å². The van der Waals surface area contributed by atoms with Gasteiger partial charge in [0.15, 0.2) is 6.10 Å². The highest BCUT2D eigenvalue weighted by atomic mass is 35.5. The lowest BCUT2D eigenvalue weighted by molar-refractivity contribution is -0.154. The van der Waals surface area contributed by atoms with Crippen LogP contribution >= 0.6 is 23.2 Å². The molecule has 1 atom stereocenters. The highest BCUT2D eigenvalue weighted by Gasteiger charge is 2.27. The summed E-state index contributed by atoms with van der Waals surface area (Å²) in [5.74, 6) is -0.754. The van der Waals surface area contributed by atoms with Crippen molar-refractivity contribution in [2.24, 2.45) is 0 Å². The molecule has 0 saturated heterocycles. The summed E-state index contributed by atoms with van der Waals surface area (Å²) >= 11 is 11.8. The van der Waals surface area contributed by atoms with Gasteiger partial charge in [-0.15, -0.1) is 0 Å². The third-order valence-corrected chi connectivity index (χ3v) is 3.54. The first-order chi connectivity index (χ1) is 9.45. The van der Waals surface area contributed by atoms with Crippen molar-refractivity contribution in [2.45, 2.75) is 38.3 Å². The van der Waals surface area contributed by atoms with Crippen LogP contribution in [0.3, 0.4) is 0 Å². The molecule has 6 heteroatoms. The van der Waals surface area contributed by atoms with E-state index >= 15 is 0 Å². The molecule has 1 saturated carbocycles. The summed E-state index contributed by atoms with van der Waals surface area (Å²) in [5.41, 5.74) is 0.621. The van der Waals surface area contributed by atoms with Gasteiger partial charge in [0, 0.05) is 16.1 Å². The number of carbonyl (C=O) groups excluding carboxylic acids is 2. The lowest BCUT2D eigenvalue weighted by atomic mass is 10.1. The lowest BCUT2D eigenvalue weighted by Gasteiger charge is -2.13. The average Bonchev–Trinajstić information content (AvgIpc) is 3.16. The summed E-state index contributed by atoms with van der Waals surface area (Å²) in [4.78, 5) is 23.4. The summed E-state index contributed by atoms with van der Waals surface area (Å²) in [6.07, 6.45) is 1.20. The smallest absolute Gasteiger partial charge is 0.311 e. The van der Waals surface area contributed by atoms with Crippen LogP contribution in [0.1, 0.15) is 25.3 Å². The standard InChI is InChI=1S/C14H15Cl2NO3/c1-8(14(19)17-11-4-5-11)20-13(18)6-9-2-3-10(15)7-12(9)16/h2-3,7-8,11H,4-6H2,1H3,(H,17,19)/t8-/m0/s1. The molecule has 108 valence electrons. The molecule has 20 heavy (non-hydrogen) atoms. The molecule has 4 nitrogen and oxygen atoms in total. The Labute approximate surface area is 127 Å². The molecule has 0 heterocycles. The van der Waals surface area contributed by atoms with Crippen LogP contribution in [-0.2, 0) is 20.7 Å². The van der Waals surface area contributed by atoms with Crippen LogP contribution in [-0.4, -0.2) is 24.0 Å². The van der Waals surface area contributed by atoms with Crippen molar-refractivity contribution >= 4 is 35.1 Å². The number of carbonyl (C=O) groups is 2. The van der Waals surface area contributed by atoms with Gasteiger partial charge in [0.2, 0.25) is 0 Å². The number of amides is 1. The van der Waals surface area contributed by atoms with Crippen LogP contribution in [0.25, 0.3) is 0 Å². The number of benzene rings is 1. The molecule has 0 aromatic heterocycles. The van der Waals surface area contributed by atoms with Crippen LogP contribution in [0.15, 0.2) is 18.2 Å². The van der Waals surface area contributed by atoms with E-state index in [1.54, 1.807) is 25.1 Å². The minimum atomic E-state index is -0.797. The molecule has 1 aromatic carbocycles. The fourth-order valence-corrected chi connectivity index (χ4v) is 2.13. The number of ether oxygens (including phenoxy) is 1. The Morgan fingerprint density at radius 2 is 2.10 bits per heavy atom. The average molecular weight is 316 g/mol. The zero-order valence-corrected chi connectivity index (χ0v) is 12.5. The summed E-state index contributed by atoms with van der Waals surface area (Å²) in [6.45, 7) is 1.55. The van der Waals surface area contributed by atoms with Crippen molar-refractivity contribution in [1.29, 1.82) is 0 Å².